The van der Waals surface area contributed by atoms with Gasteiger partial charge in [0.25, 0.3) is 0 Å². The van der Waals surface area contributed by atoms with Gasteiger partial charge in [-0.2, -0.15) is 0 Å². The molecule has 2 atom stereocenters. The van der Waals surface area contributed by atoms with Gasteiger partial charge < -0.3 is 5.32 Å². The van der Waals surface area contributed by atoms with Crippen LogP contribution in [-0.2, 0) is 0 Å². The molecule has 1 saturated heterocycles. The van der Waals surface area contributed by atoms with E-state index in [-0.39, 0.29) is 0 Å². The van der Waals surface area contributed by atoms with E-state index < -0.39 is 0 Å². The first kappa shape index (κ1) is 11.0. The van der Waals surface area contributed by atoms with E-state index in [1.807, 2.05) is 0 Å². The molecule has 13 heavy (non-hydrogen) atoms. The second-order valence-corrected chi connectivity index (χ2v) is 4.54. The van der Waals surface area contributed by atoms with Gasteiger partial charge in [0.2, 0.25) is 0 Å². The predicted molar refractivity (Wildman–Crippen MR) is 59.0 cm³/mol. The molecular weight excluding hydrogens is 158 g/mol. The molecule has 1 nitrogen and oxygen atoms in total. The summed E-state index contributed by atoms with van der Waals surface area (Å²) in [4.78, 5) is 0. The van der Waals surface area contributed by atoms with E-state index in [1.54, 1.807) is 0 Å². The Hall–Kier alpha value is -0.0400. The van der Waals surface area contributed by atoms with Crippen molar-refractivity contribution in [3.05, 3.63) is 0 Å². The van der Waals surface area contributed by atoms with Crippen LogP contribution in [0.4, 0.5) is 0 Å². The minimum Gasteiger partial charge on any atom is -0.312 e. The standard InChI is InChI=1S/C12H25N/c1-3-4-5-6-9-12-10-7-8-11(2)13-12/h11-13H,3-10H2,1-2H3. The van der Waals surface area contributed by atoms with Crippen molar-refractivity contribution in [1.29, 1.82) is 0 Å². The maximum absolute atomic E-state index is 3.69. The third kappa shape index (κ3) is 4.66. The number of hydrogen-bond donors (Lipinski definition) is 1. The summed E-state index contributed by atoms with van der Waals surface area (Å²) in [5.74, 6) is 0. The van der Waals surface area contributed by atoms with Crippen LogP contribution in [0.2, 0.25) is 0 Å². The van der Waals surface area contributed by atoms with Crippen LogP contribution in [-0.4, -0.2) is 12.1 Å². The van der Waals surface area contributed by atoms with Crippen LogP contribution in [0, 0.1) is 0 Å². The number of rotatable bonds is 5. The molecule has 0 aromatic heterocycles. The molecule has 1 fully saturated rings. The smallest absolute Gasteiger partial charge is 0.00695 e. The lowest BCUT2D eigenvalue weighted by Gasteiger charge is -2.28. The molecule has 0 aromatic carbocycles. The molecule has 0 spiro atoms. The normalized spacial score (nSPS) is 29.1. The van der Waals surface area contributed by atoms with Gasteiger partial charge in [-0.15, -0.1) is 0 Å². The van der Waals surface area contributed by atoms with Gasteiger partial charge in [-0.3, -0.25) is 0 Å². The predicted octanol–water partition coefficient (Wildman–Crippen LogP) is 3.49. The van der Waals surface area contributed by atoms with Gasteiger partial charge >= 0.3 is 0 Å². The molecule has 0 radical (unpaired) electrons. The molecule has 78 valence electrons. The van der Waals surface area contributed by atoms with E-state index in [2.05, 4.69) is 19.2 Å². The maximum Gasteiger partial charge on any atom is 0.00695 e. The molecule has 1 aliphatic heterocycles. The number of unbranched alkanes of at least 4 members (excludes halogenated alkanes) is 3. The molecular formula is C12H25N. The van der Waals surface area contributed by atoms with Gasteiger partial charge in [0.1, 0.15) is 0 Å². The Morgan fingerprint density at radius 2 is 2.00 bits per heavy atom. The van der Waals surface area contributed by atoms with Crippen molar-refractivity contribution in [2.45, 2.75) is 77.3 Å². The Balaban J connectivity index is 2.00. The minimum atomic E-state index is 0.768. The van der Waals surface area contributed by atoms with Crippen LogP contribution < -0.4 is 5.32 Å². The Morgan fingerprint density at radius 1 is 1.15 bits per heavy atom. The fourth-order valence-electron chi connectivity index (χ4n) is 2.28. The van der Waals surface area contributed by atoms with E-state index in [0.29, 0.717) is 0 Å². The fraction of sp³-hybridized carbons (Fsp3) is 1.00. The SMILES string of the molecule is CCCCCCC1CCCC(C)N1. The van der Waals surface area contributed by atoms with E-state index in [9.17, 15) is 0 Å². The van der Waals surface area contributed by atoms with Crippen LogP contribution in [0.25, 0.3) is 0 Å². The average molecular weight is 183 g/mol. The van der Waals surface area contributed by atoms with Crippen molar-refractivity contribution >= 4 is 0 Å². The lowest BCUT2D eigenvalue weighted by atomic mass is 9.95. The lowest BCUT2D eigenvalue weighted by Crippen LogP contribution is -2.40. The summed E-state index contributed by atoms with van der Waals surface area (Å²) in [6.07, 6.45) is 11.3. The van der Waals surface area contributed by atoms with Crippen LogP contribution in [0.15, 0.2) is 0 Å². The second-order valence-electron chi connectivity index (χ2n) is 4.54. The molecule has 1 rings (SSSR count). The molecule has 0 saturated carbocycles. The quantitative estimate of drug-likeness (QED) is 0.643. The highest BCUT2D eigenvalue weighted by Crippen LogP contribution is 2.17. The van der Waals surface area contributed by atoms with E-state index in [0.717, 1.165) is 12.1 Å². The number of piperidine rings is 1. The monoisotopic (exact) mass is 183 g/mol. The summed E-state index contributed by atoms with van der Waals surface area (Å²) < 4.78 is 0. The molecule has 1 aliphatic rings. The van der Waals surface area contributed by atoms with E-state index in [1.165, 1.54) is 51.4 Å². The third-order valence-electron chi connectivity index (χ3n) is 3.12. The molecule has 1 N–H and O–H groups in total. The zero-order valence-corrected chi connectivity index (χ0v) is 9.31. The van der Waals surface area contributed by atoms with Crippen LogP contribution in [0.3, 0.4) is 0 Å². The Kier molecular flexibility index (Phi) is 5.45. The van der Waals surface area contributed by atoms with E-state index in [4.69, 9.17) is 0 Å². The molecule has 1 heterocycles. The van der Waals surface area contributed by atoms with Crippen molar-refractivity contribution in [2.24, 2.45) is 0 Å². The first-order valence-electron chi connectivity index (χ1n) is 6.09. The van der Waals surface area contributed by atoms with Crippen molar-refractivity contribution in [3.8, 4) is 0 Å². The zero-order valence-electron chi connectivity index (χ0n) is 9.31. The van der Waals surface area contributed by atoms with Crippen LogP contribution >= 0.6 is 0 Å². The highest BCUT2D eigenvalue weighted by atomic mass is 15.0. The number of nitrogens with one attached hydrogen (secondary N) is 1. The fourth-order valence-corrected chi connectivity index (χ4v) is 2.28. The first-order valence-corrected chi connectivity index (χ1v) is 6.09. The summed E-state index contributed by atoms with van der Waals surface area (Å²) in [7, 11) is 0. The lowest BCUT2D eigenvalue weighted by molar-refractivity contribution is 0.315. The average Bonchev–Trinajstić information content (AvgIpc) is 2.13. The topological polar surface area (TPSA) is 12.0 Å². The Labute approximate surface area is 83.3 Å². The van der Waals surface area contributed by atoms with Gasteiger partial charge in [-0.25, -0.2) is 0 Å². The highest BCUT2D eigenvalue weighted by molar-refractivity contribution is 4.77. The van der Waals surface area contributed by atoms with Crippen molar-refractivity contribution in [2.75, 3.05) is 0 Å². The van der Waals surface area contributed by atoms with Crippen molar-refractivity contribution in [1.82, 2.24) is 5.32 Å². The van der Waals surface area contributed by atoms with E-state index >= 15 is 0 Å². The largest absolute Gasteiger partial charge is 0.312 e. The van der Waals surface area contributed by atoms with Crippen molar-refractivity contribution < 1.29 is 0 Å². The van der Waals surface area contributed by atoms with Crippen LogP contribution in [0.1, 0.15) is 65.2 Å². The summed E-state index contributed by atoms with van der Waals surface area (Å²) >= 11 is 0. The minimum absolute atomic E-state index is 0.768. The van der Waals surface area contributed by atoms with Crippen LogP contribution in [0.5, 0.6) is 0 Å². The highest BCUT2D eigenvalue weighted by Gasteiger charge is 2.16. The summed E-state index contributed by atoms with van der Waals surface area (Å²) in [5.41, 5.74) is 0. The third-order valence-corrected chi connectivity index (χ3v) is 3.12. The summed E-state index contributed by atoms with van der Waals surface area (Å²) in [6, 6.07) is 1.60. The second kappa shape index (κ2) is 6.42. The molecule has 0 aliphatic carbocycles. The summed E-state index contributed by atoms with van der Waals surface area (Å²) in [6.45, 7) is 4.60. The maximum atomic E-state index is 3.69. The van der Waals surface area contributed by atoms with Crippen molar-refractivity contribution in [3.63, 3.8) is 0 Å². The van der Waals surface area contributed by atoms with Gasteiger partial charge in [-0.05, 0) is 26.2 Å². The zero-order chi connectivity index (χ0) is 9.52. The summed E-state index contributed by atoms with van der Waals surface area (Å²) in [5, 5.41) is 3.69. The molecule has 0 bridgehead atoms. The van der Waals surface area contributed by atoms with Gasteiger partial charge in [0.15, 0.2) is 0 Å². The van der Waals surface area contributed by atoms with Gasteiger partial charge in [-0.1, -0.05) is 39.0 Å². The molecule has 0 amide bonds. The van der Waals surface area contributed by atoms with Gasteiger partial charge in [0, 0.05) is 12.1 Å². The Bertz CT molecular complexity index is 122. The number of hydrogen-bond acceptors (Lipinski definition) is 1. The Morgan fingerprint density at radius 3 is 2.69 bits per heavy atom. The molecule has 0 aromatic rings. The van der Waals surface area contributed by atoms with Gasteiger partial charge in [0.05, 0.1) is 0 Å². The molecule has 1 heteroatoms. The molecule has 2 unspecified atom stereocenters. The first-order chi connectivity index (χ1) is 6.33.